The van der Waals surface area contributed by atoms with Gasteiger partial charge < -0.3 is 9.84 Å². The molecule has 1 aromatic carbocycles. The van der Waals surface area contributed by atoms with Gasteiger partial charge in [0.25, 0.3) is 5.56 Å². The van der Waals surface area contributed by atoms with Crippen molar-refractivity contribution in [1.82, 2.24) is 14.6 Å². The Labute approximate surface area is 178 Å². The molecule has 1 atom stereocenters. The van der Waals surface area contributed by atoms with Crippen molar-refractivity contribution >= 4 is 6.21 Å². The van der Waals surface area contributed by atoms with E-state index in [1.54, 1.807) is 24.3 Å². The molecule has 31 heavy (non-hydrogen) atoms. The SMILES string of the molecule is COc1ccc(-n2c([O-])c(/C=N/N3CCCCC3c3ccc[nH+]c3)c(=O)[nH]c2=O)cc1. The Morgan fingerprint density at radius 3 is 2.74 bits per heavy atom. The van der Waals surface area contributed by atoms with E-state index in [9.17, 15) is 14.7 Å². The van der Waals surface area contributed by atoms with Crippen LogP contribution < -0.4 is 26.1 Å². The van der Waals surface area contributed by atoms with Gasteiger partial charge >= 0.3 is 5.69 Å². The number of hydrogen-bond donors (Lipinski definition) is 1. The quantitative estimate of drug-likeness (QED) is 0.617. The summed E-state index contributed by atoms with van der Waals surface area (Å²) in [7, 11) is 1.52. The normalized spacial score (nSPS) is 16.5. The molecule has 0 amide bonds. The van der Waals surface area contributed by atoms with E-state index in [0.717, 1.165) is 29.4 Å². The topological polar surface area (TPSA) is 117 Å². The van der Waals surface area contributed by atoms with Crippen LogP contribution in [0, 0.1) is 0 Å². The fourth-order valence-electron chi connectivity index (χ4n) is 3.75. The van der Waals surface area contributed by atoms with Gasteiger partial charge in [0.1, 0.15) is 5.75 Å². The van der Waals surface area contributed by atoms with Crippen LogP contribution in [0.4, 0.5) is 0 Å². The summed E-state index contributed by atoms with van der Waals surface area (Å²) in [5.41, 5.74) is -0.339. The fraction of sp³-hybridized carbons (Fsp3) is 0.273. The van der Waals surface area contributed by atoms with Crippen LogP contribution in [0.1, 0.15) is 36.4 Å². The lowest BCUT2D eigenvalue weighted by Crippen LogP contribution is -2.34. The van der Waals surface area contributed by atoms with Crippen molar-refractivity contribution in [2.24, 2.45) is 5.10 Å². The summed E-state index contributed by atoms with van der Waals surface area (Å²) in [6.07, 6.45) is 7.98. The number of piperidine rings is 1. The van der Waals surface area contributed by atoms with Crippen LogP contribution in [0.15, 0.2) is 63.5 Å². The summed E-state index contributed by atoms with van der Waals surface area (Å²) < 4.78 is 6.03. The second-order valence-corrected chi connectivity index (χ2v) is 7.27. The largest absolute Gasteiger partial charge is 0.859 e. The first-order valence-electron chi connectivity index (χ1n) is 10.1. The molecule has 3 heterocycles. The molecule has 1 aliphatic rings. The van der Waals surface area contributed by atoms with E-state index in [1.807, 2.05) is 29.5 Å². The molecule has 0 bridgehead atoms. The maximum Gasteiger partial charge on any atom is 0.332 e. The number of methoxy groups -OCH3 is 1. The molecule has 1 unspecified atom stereocenters. The highest BCUT2D eigenvalue weighted by Gasteiger charge is 2.24. The standard InChI is InChI=1S/C22H23N5O4/c1-31-17-9-7-16(8-10-17)27-21(29)18(20(28)25-22(27)30)14-24-26-12-3-2-6-19(26)15-5-4-11-23-13-15/h4-5,7-11,13-14,19,29H,2-3,6,12H2,1H3,(H,25,28,30)/b24-14+. The van der Waals surface area contributed by atoms with Crippen molar-refractivity contribution in [3.8, 4) is 17.3 Å². The first-order valence-corrected chi connectivity index (χ1v) is 10.1. The van der Waals surface area contributed by atoms with E-state index in [4.69, 9.17) is 4.74 Å². The van der Waals surface area contributed by atoms with Gasteiger partial charge in [0.05, 0.1) is 24.9 Å². The van der Waals surface area contributed by atoms with E-state index in [2.05, 4.69) is 15.1 Å². The van der Waals surface area contributed by atoms with Crippen LogP contribution in [-0.2, 0) is 0 Å². The van der Waals surface area contributed by atoms with E-state index >= 15 is 0 Å². The van der Waals surface area contributed by atoms with E-state index in [1.165, 1.54) is 13.3 Å². The molecule has 1 fully saturated rings. The molecule has 2 aromatic heterocycles. The minimum absolute atomic E-state index is 0.0455. The number of aromatic amines is 2. The first-order chi connectivity index (χ1) is 15.1. The molecule has 9 heteroatoms. The lowest BCUT2D eigenvalue weighted by molar-refractivity contribution is -0.379. The van der Waals surface area contributed by atoms with Crippen LogP contribution in [0.5, 0.6) is 11.6 Å². The average Bonchev–Trinajstić information content (AvgIpc) is 2.80. The predicted molar refractivity (Wildman–Crippen MR) is 113 cm³/mol. The lowest BCUT2D eigenvalue weighted by Gasteiger charge is -2.33. The minimum atomic E-state index is -0.798. The zero-order valence-electron chi connectivity index (χ0n) is 17.1. The molecule has 1 aliphatic heterocycles. The van der Waals surface area contributed by atoms with Gasteiger partial charge in [0.15, 0.2) is 12.4 Å². The van der Waals surface area contributed by atoms with E-state index < -0.39 is 17.1 Å². The first kappa shape index (κ1) is 20.4. The van der Waals surface area contributed by atoms with Crippen LogP contribution >= 0.6 is 0 Å². The van der Waals surface area contributed by atoms with Crippen molar-refractivity contribution in [2.75, 3.05) is 13.7 Å². The Kier molecular flexibility index (Phi) is 5.83. The van der Waals surface area contributed by atoms with E-state index in [0.29, 0.717) is 18.0 Å². The van der Waals surface area contributed by atoms with Crippen molar-refractivity contribution in [2.45, 2.75) is 25.3 Å². The zero-order valence-corrected chi connectivity index (χ0v) is 17.1. The highest BCUT2D eigenvalue weighted by atomic mass is 16.5. The molecule has 2 N–H and O–H groups in total. The maximum absolute atomic E-state index is 13.0. The van der Waals surface area contributed by atoms with Crippen molar-refractivity contribution in [3.63, 3.8) is 0 Å². The van der Waals surface area contributed by atoms with Crippen molar-refractivity contribution in [1.29, 1.82) is 0 Å². The van der Waals surface area contributed by atoms with Crippen LogP contribution in [0.3, 0.4) is 0 Å². The number of pyridine rings is 1. The smallest absolute Gasteiger partial charge is 0.332 e. The van der Waals surface area contributed by atoms with Gasteiger partial charge in [0.2, 0.25) is 0 Å². The molecule has 160 valence electrons. The third-order valence-corrected chi connectivity index (χ3v) is 5.36. The van der Waals surface area contributed by atoms with Gasteiger partial charge in [0, 0.05) is 23.9 Å². The molecular weight excluding hydrogens is 398 g/mol. The van der Waals surface area contributed by atoms with Gasteiger partial charge in [-0.2, -0.15) is 5.10 Å². The zero-order chi connectivity index (χ0) is 21.8. The van der Waals surface area contributed by atoms with Crippen molar-refractivity contribution < 1.29 is 14.8 Å². The monoisotopic (exact) mass is 421 g/mol. The molecule has 0 radical (unpaired) electrons. The summed E-state index contributed by atoms with van der Waals surface area (Å²) >= 11 is 0. The lowest BCUT2D eigenvalue weighted by atomic mass is 9.98. The Morgan fingerprint density at radius 2 is 2.03 bits per heavy atom. The third kappa shape index (κ3) is 4.20. The second-order valence-electron chi connectivity index (χ2n) is 7.27. The number of nitrogens with zero attached hydrogens (tertiary/aromatic N) is 3. The number of benzene rings is 1. The second kappa shape index (κ2) is 8.86. The van der Waals surface area contributed by atoms with Gasteiger partial charge in [-0.3, -0.25) is 19.4 Å². The predicted octanol–water partition coefficient (Wildman–Crippen LogP) is 0.983. The van der Waals surface area contributed by atoms with Crippen molar-refractivity contribution in [3.05, 3.63) is 80.8 Å². The van der Waals surface area contributed by atoms with Gasteiger partial charge in [-0.15, -0.1) is 0 Å². The molecular formula is C22H23N5O4. The van der Waals surface area contributed by atoms with Crippen LogP contribution in [0.2, 0.25) is 0 Å². The van der Waals surface area contributed by atoms with Gasteiger partial charge in [-0.25, -0.2) is 9.78 Å². The molecule has 9 nitrogen and oxygen atoms in total. The number of aromatic nitrogens is 3. The Balaban J connectivity index is 1.70. The van der Waals surface area contributed by atoms with Gasteiger partial charge in [-0.1, -0.05) is 0 Å². The maximum atomic E-state index is 13.0. The molecule has 3 aromatic rings. The van der Waals surface area contributed by atoms with Gasteiger partial charge in [-0.05, 0) is 55.5 Å². The Morgan fingerprint density at radius 1 is 1.23 bits per heavy atom. The fourth-order valence-corrected chi connectivity index (χ4v) is 3.75. The summed E-state index contributed by atoms with van der Waals surface area (Å²) in [5.74, 6) is -0.131. The Hall–Kier alpha value is -3.88. The molecule has 1 saturated heterocycles. The number of nitrogens with one attached hydrogen (secondary N) is 2. The number of H-pyrrole nitrogens is 2. The number of hydrogen-bond acceptors (Lipinski definition) is 6. The summed E-state index contributed by atoms with van der Waals surface area (Å²) in [4.78, 5) is 30.0. The Bertz CT molecular complexity index is 1190. The molecule has 4 rings (SSSR count). The number of ether oxygens (including phenoxy) is 1. The van der Waals surface area contributed by atoms with Crippen LogP contribution in [-0.4, -0.2) is 34.4 Å². The van der Waals surface area contributed by atoms with E-state index in [-0.39, 0.29) is 11.6 Å². The highest BCUT2D eigenvalue weighted by Crippen LogP contribution is 2.30. The highest BCUT2D eigenvalue weighted by molar-refractivity contribution is 5.81. The third-order valence-electron chi connectivity index (χ3n) is 5.36. The number of rotatable bonds is 5. The summed E-state index contributed by atoms with van der Waals surface area (Å²) in [5, 5.41) is 19.3. The number of hydrazone groups is 1. The van der Waals surface area contributed by atoms with Crippen LogP contribution in [0.25, 0.3) is 5.69 Å². The summed E-state index contributed by atoms with van der Waals surface area (Å²) in [6, 6.07) is 10.4. The summed E-state index contributed by atoms with van der Waals surface area (Å²) in [6.45, 7) is 0.709. The molecule has 0 spiro atoms. The molecule has 0 saturated carbocycles. The minimum Gasteiger partial charge on any atom is -0.859 e. The average molecular weight is 421 g/mol. The molecule has 0 aliphatic carbocycles.